The zero-order valence-electron chi connectivity index (χ0n) is 11.8. The standard InChI is InChI=1S/C14H23NO3S/c1-4-7-12(15-5-2)11-19(16,17)14-9-6-8-13(10-14)18-3/h6,8-10,12,15H,4-5,7,11H2,1-3H3. The summed E-state index contributed by atoms with van der Waals surface area (Å²) >= 11 is 0. The van der Waals surface area contributed by atoms with Gasteiger partial charge in [-0.15, -0.1) is 0 Å². The van der Waals surface area contributed by atoms with Gasteiger partial charge >= 0.3 is 0 Å². The highest BCUT2D eigenvalue weighted by Gasteiger charge is 2.20. The van der Waals surface area contributed by atoms with Crippen LogP contribution in [0, 0.1) is 0 Å². The Morgan fingerprint density at radius 3 is 2.63 bits per heavy atom. The number of hydrogen-bond acceptors (Lipinski definition) is 4. The number of ether oxygens (including phenoxy) is 1. The largest absolute Gasteiger partial charge is 0.497 e. The highest BCUT2D eigenvalue weighted by molar-refractivity contribution is 7.91. The number of rotatable bonds is 8. The molecule has 1 aromatic carbocycles. The van der Waals surface area contributed by atoms with E-state index in [0.29, 0.717) is 10.6 Å². The molecule has 1 unspecified atom stereocenters. The molecule has 4 nitrogen and oxygen atoms in total. The molecule has 0 radical (unpaired) electrons. The van der Waals surface area contributed by atoms with E-state index in [4.69, 9.17) is 4.74 Å². The molecule has 0 heterocycles. The minimum Gasteiger partial charge on any atom is -0.497 e. The smallest absolute Gasteiger partial charge is 0.180 e. The molecule has 0 aliphatic carbocycles. The van der Waals surface area contributed by atoms with Gasteiger partial charge in [0.15, 0.2) is 9.84 Å². The van der Waals surface area contributed by atoms with Crippen molar-refractivity contribution in [2.45, 2.75) is 37.6 Å². The topological polar surface area (TPSA) is 55.4 Å². The Hall–Kier alpha value is -1.07. The van der Waals surface area contributed by atoms with Crippen LogP contribution in [0.2, 0.25) is 0 Å². The highest BCUT2D eigenvalue weighted by Crippen LogP contribution is 2.19. The Morgan fingerprint density at radius 2 is 2.05 bits per heavy atom. The van der Waals surface area contributed by atoms with Crippen LogP contribution in [0.5, 0.6) is 5.75 Å². The lowest BCUT2D eigenvalue weighted by molar-refractivity contribution is 0.413. The Kier molecular flexibility index (Phi) is 6.31. The molecule has 1 rings (SSSR count). The van der Waals surface area contributed by atoms with Crippen LogP contribution < -0.4 is 10.1 Å². The van der Waals surface area contributed by atoms with Crippen LogP contribution in [-0.2, 0) is 9.84 Å². The van der Waals surface area contributed by atoms with Crippen molar-refractivity contribution >= 4 is 9.84 Å². The first kappa shape index (κ1) is 16.0. The van der Waals surface area contributed by atoms with Gasteiger partial charge in [-0.05, 0) is 31.2 Å². The summed E-state index contributed by atoms with van der Waals surface area (Å²) in [6, 6.07) is 6.64. The molecular weight excluding hydrogens is 262 g/mol. The van der Waals surface area contributed by atoms with E-state index in [1.807, 2.05) is 6.92 Å². The fraction of sp³-hybridized carbons (Fsp3) is 0.571. The summed E-state index contributed by atoms with van der Waals surface area (Å²) in [4.78, 5) is 0.325. The molecule has 108 valence electrons. The maximum absolute atomic E-state index is 12.4. The monoisotopic (exact) mass is 285 g/mol. The molecule has 5 heteroatoms. The van der Waals surface area contributed by atoms with Crippen molar-refractivity contribution in [3.05, 3.63) is 24.3 Å². The van der Waals surface area contributed by atoms with Crippen molar-refractivity contribution in [2.24, 2.45) is 0 Å². The molecule has 1 atom stereocenters. The number of benzene rings is 1. The van der Waals surface area contributed by atoms with Crippen molar-refractivity contribution in [1.29, 1.82) is 0 Å². The molecule has 0 bridgehead atoms. The molecule has 0 saturated heterocycles. The summed E-state index contributed by atoms with van der Waals surface area (Å²) in [5, 5.41) is 3.23. The molecule has 1 N–H and O–H groups in total. The molecular formula is C14H23NO3S. The molecule has 19 heavy (non-hydrogen) atoms. The third-order valence-corrected chi connectivity index (χ3v) is 4.76. The van der Waals surface area contributed by atoms with Gasteiger partial charge in [0.05, 0.1) is 17.8 Å². The Morgan fingerprint density at radius 1 is 1.32 bits per heavy atom. The Labute approximate surface area is 116 Å². The first-order chi connectivity index (χ1) is 9.03. The first-order valence-electron chi connectivity index (χ1n) is 6.63. The van der Waals surface area contributed by atoms with Crippen molar-refractivity contribution < 1.29 is 13.2 Å². The number of hydrogen-bond donors (Lipinski definition) is 1. The number of nitrogens with one attached hydrogen (secondary N) is 1. The fourth-order valence-corrected chi connectivity index (χ4v) is 3.63. The van der Waals surface area contributed by atoms with Gasteiger partial charge in [-0.25, -0.2) is 8.42 Å². The van der Waals surface area contributed by atoms with Crippen LogP contribution in [0.3, 0.4) is 0 Å². The average Bonchev–Trinajstić information content (AvgIpc) is 2.39. The molecule has 0 aliphatic rings. The molecule has 0 spiro atoms. The van der Waals surface area contributed by atoms with Gasteiger partial charge in [0.25, 0.3) is 0 Å². The SMILES string of the molecule is CCCC(CS(=O)(=O)c1cccc(OC)c1)NCC. The van der Waals surface area contributed by atoms with E-state index in [-0.39, 0.29) is 11.8 Å². The molecule has 0 aliphatic heterocycles. The summed E-state index contributed by atoms with van der Waals surface area (Å²) in [7, 11) is -1.75. The zero-order chi connectivity index (χ0) is 14.3. The predicted molar refractivity (Wildman–Crippen MR) is 77.4 cm³/mol. The van der Waals surface area contributed by atoms with Crippen molar-refractivity contribution in [3.8, 4) is 5.75 Å². The van der Waals surface area contributed by atoms with Crippen LogP contribution in [0.15, 0.2) is 29.2 Å². The highest BCUT2D eigenvalue weighted by atomic mass is 32.2. The van der Waals surface area contributed by atoms with Gasteiger partial charge in [-0.2, -0.15) is 0 Å². The van der Waals surface area contributed by atoms with E-state index in [9.17, 15) is 8.42 Å². The van der Waals surface area contributed by atoms with Gasteiger partial charge in [-0.3, -0.25) is 0 Å². The lowest BCUT2D eigenvalue weighted by Gasteiger charge is -2.17. The summed E-state index contributed by atoms with van der Waals surface area (Å²) in [5.41, 5.74) is 0. The Balaban J connectivity index is 2.89. The second-order valence-corrected chi connectivity index (χ2v) is 6.54. The van der Waals surface area contributed by atoms with Crippen LogP contribution >= 0.6 is 0 Å². The minimum absolute atomic E-state index is 0.00574. The van der Waals surface area contributed by atoms with Crippen LogP contribution in [0.25, 0.3) is 0 Å². The maximum Gasteiger partial charge on any atom is 0.180 e. The lowest BCUT2D eigenvalue weighted by atomic mass is 10.2. The summed E-state index contributed by atoms with van der Waals surface area (Å²) < 4.78 is 29.8. The number of sulfone groups is 1. The van der Waals surface area contributed by atoms with Gasteiger partial charge < -0.3 is 10.1 Å². The van der Waals surface area contributed by atoms with E-state index in [0.717, 1.165) is 19.4 Å². The van der Waals surface area contributed by atoms with E-state index < -0.39 is 9.84 Å². The van der Waals surface area contributed by atoms with Crippen molar-refractivity contribution in [3.63, 3.8) is 0 Å². The predicted octanol–water partition coefficient (Wildman–Crippen LogP) is 2.25. The van der Waals surface area contributed by atoms with Crippen LogP contribution in [-0.4, -0.2) is 33.9 Å². The normalized spacial score (nSPS) is 13.2. The van der Waals surface area contributed by atoms with Gasteiger partial charge in [0.1, 0.15) is 5.75 Å². The zero-order valence-corrected chi connectivity index (χ0v) is 12.7. The second kappa shape index (κ2) is 7.50. The molecule has 1 aromatic rings. The summed E-state index contributed by atoms with van der Waals surface area (Å²) in [6.07, 6.45) is 1.82. The van der Waals surface area contributed by atoms with E-state index >= 15 is 0 Å². The third-order valence-electron chi connectivity index (χ3n) is 2.95. The minimum atomic E-state index is -3.28. The van der Waals surface area contributed by atoms with Crippen LogP contribution in [0.1, 0.15) is 26.7 Å². The molecule has 0 saturated carbocycles. The van der Waals surface area contributed by atoms with Gasteiger partial charge in [0.2, 0.25) is 0 Å². The van der Waals surface area contributed by atoms with Crippen molar-refractivity contribution in [2.75, 3.05) is 19.4 Å². The summed E-state index contributed by atoms with van der Waals surface area (Å²) in [6.45, 7) is 4.82. The van der Waals surface area contributed by atoms with Crippen LogP contribution in [0.4, 0.5) is 0 Å². The average molecular weight is 285 g/mol. The molecule has 0 amide bonds. The molecule has 0 aromatic heterocycles. The quantitative estimate of drug-likeness (QED) is 0.796. The van der Waals surface area contributed by atoms with E-state index in [1.54, 1.807) is 24.3 Å². The molecule has 0 fully saturated rings. The van der Waals surface area contributed by atoms with Crippen molar-refractivity contribution in [1.82, 2.24) is 5.32 Å². The Bertz CT molecular complexity index is 479. The van der Waals surface area contributed by atoms with E-state index in [2.05, 4.69) is 12.2 Å². The maximum atomic E-state index is 12.4. The van der Waals surface area contributed by atoms with Gasteiger partial charge in [-0.1, -0.05) is 26.3 Å². The fourth-order valence-electron chi connectivity index (χ4n) is 2.04. The van der Waals surface area contributed by atoms with E-state index in [1.165, 1.54) is 7.11 Å². The third kappa shape index (κ3) is 4.84. The van der Waals surface area contributed by atoms with Gasteiger partial charge in [0, 0.05) is 6.04 Å². The number of methoxy groups -OCH3 is 1. The second-order valence-electron chi connectivity index (χ2n) is 4.50. The summed E-state index contributed by atoms with van der Waals surface area (Å²) in [5.74, 6) is 0.693. The lowest BCUT2D eigenvalue weighted by Crippen LogP contribution is -2.35. The first-order valence-corrected chi connectivity index (χ1v) is 8.29.